The summed E-state index contributed by atoms with van der Waals surface area (Å²) in [7, 11) is 0. The van der Waals surface area contributed by atoms with E-state index in [0.29, 0.717) is 12.6 Å². The van der Waals surface area contributed by atoms with Gasteiger partial charge in [0.05, 0.1) is 6.10 Å². The molecule has 1 saturated carbocycles. The Balaban J connectivity index is 2.17. The average molecular weight is 256 g/mol. The van der Waals surface area contributed by atoms with Gasteiger partial charge in [-0.1, -0.05) is 15.9 Å². The largest absolute Gasteiger partial charge is 0.490 e. The van der Waals surface area contributed by atoms with Crippen molar-refractivity contribution < 1.29 is 4.74 Å². The molecule has 3 heteroatoms. The number of halogens is 1. The molecule has 0 aromatic heterocycles. The van der Waals surface area contributed by atoms with Crippen LogP contribution in [0.1, 0.15) is 18.4 Å². The average Bonchev–Trinajstić information content (AvgIpc) is 2.94. The highest BCUT2D eigenvalue weighted by Crippen LogP contribution is 2.30. The van der Waals surface area contributed by atoms with Crippen molar-refractivity contribution in [2.45, 2.75) is 25.4 Å². The third kappa shape index (κ3) is 2.49. The lowest BCUT2D eigenvalue weighted by Crippen LogP contribution is -2.06. The molecule has 0 unspecified atom stereocenters. The van der Waals surface area contributed by atoms with Crippen molar-refractivity contribution >= 4 is 15.9 Å². The van der Waals surface area contributed by atoms with E-state index in [9.17, 15) is 0 Å². The monoisotopic (exact) mass is 255 g/mol. The van der Waals surface area contributed by atoms with Crippen LogP contribution in [0.15, 0.2) is 22.7 Å². The summed E-state index contributed by atoms with van der Waals surface area (Å²) in [5.74, 6) is 1.00. The van der Waals surface area contributed by atoms with E-state index in [-0.39, 0.29) is 0 Å². The van der Waals surface area contributed by atoms with Crippen LogP contribution in [0.3, 0.4) is 0 Å². The summed E-state index contributed by atoms with van der Waals surface area (Å²) in [4.78, 5) is 0. The summed E-state index contributed by atoms with van der Waals surface area (Å²) in [5.41, 5.74) is 6.76. The van der Waals surface area contributed by atoms with E-state index in [1.54, 1.807) is 0 Å². The fourth-order valence-corrected chi connectivity index (χ4v) is 1.79. The molecule has 0 atom stereocenters. The van der Waals surface area contributed by atoms with Gasteiger partial charge in [-0.25, -0.2) is 0 Å². The van der Waals surface area contributed by atoms with Gasteiger partial charge in [0.15, 0.2) is 0 Å². The number of hydrogen-bond donors (Lipinski definition) is 1. The Morgan fingerprint density at radius 3 is 2.86 bits per heavy atom. The number of rotatable bonds is 4. The first-order chi connectivity index (χ1) is 6.79. The van der Waals surface area contributed by atoms with Crippen molar-refractivity contribution in [1.82, 2.24) is 0 Å². The van der Waals surface area contributed by atoms with Crippen molar-refractivity contribution in [1.29, 1.82) is 0 Å². The van der Waals surface area contributed by atoms with Gasteiger partial charge in [0.2, 0.25) is 0 Å². The molecule has 1 aliphatic rings. The van der Waals surface area contributed by atoms with Gasteiger partial charge in [-0.3, -0.25) is 0 Å². The highest BCUT2D eigenvalue weighted by atomic mass is 79.9. The van der Waals surface area contributed by atoms with Gasteiger partial charge < -0.3 is 10.5 Å². The van der Waals surface area contributed by atoms with Crippen molar-refractivity contribution in [3.05, 3.63) is 28.2 Å². The fourth-order valence-electron chi connectivity index (χ4n) is 1.38. The van der Waals surface area contributed by atoms with Crippen LogP contribution in [-0.2, 0) is 6.42 Å². The number of hydrogen-bond acceptors (Lipinski definition) is 2. The minimum Gasteiger partial charge on any atom is -0.490 e. The first-order valence-electron chi connectivity index (χ1n) is 4.95. The van der Waals surface area contributed by atoms with E-state index in [1.165, 1.54) is 18.4 Å². The molecule has 2 N–H and O–H groups in total. The minimum atomic E-state index is 0.452. The normalized spacial score (nSPS) is 15.6. The molecule has 0 radical (unpaired) electrons. The molecule has 14 heavy (non-hydrogen) atoms. The minimum absolute atomic E-state index is 0.452. The van der Waals surface area contributed by atoms with E-state index >= 15 is 0 Å². The molecule has 1 aromatic carbocycles. The topological polar surface area (TPSA) is 35.2 Å². The Morgan fingerprint density at radius 1 is 1.43 bits per heavy atom. The van der Waals surface area contributed by atoms with Crippen molar-refractivity contribution in [3.8, 4) is 5.75 Å². The van der Waals surface area contributed by atoms with Gasteiger partial charge >= 0.3 is 0 Å². The maximum Gasteiger partial charge on any atom is 0.123 e. The predicted molar refractivity (Wildman–Crippen MR) is 60.6 cm³/mol. The summed E-state index contributed by atoms with van der Waals surface area (Å²) in [6.07, 6.45) is 3.71. The third-order valence-electron chi connectivity index (χ3n) is 2.25. The zero-order valence-corrected chi connectivity index (χ0v) is 9.59. The Morgan fingerprint density at radius 2 is 2.21 bits per heavy atom. The summed E-state index contributed by atoms with van der Waals surface area (Å²) in [5, 5.41) is 0. The Kier molecular flexibility index (Phi) is 3.08. The molecular formula is C11H14BrNO. The Labute approximate surface area is 92.6 Å². The Bertz CT molecular complexity index is 323. The van der Waals surface area contributed by atoms with E-state index in [1.807, 2.05) is 12.1 Å². The third-order valence-corrected chi connectivity index (χ3v) is 2.75. The molecule has 0 saturated heterocycles. The molecule has 0 spiro atoms. The van der Waals surface area contributed by atoms with Gasteiger partial charge in [-0.15, -0.1) is 0 Å². The summed E-state index contributed by atoms with van der Waals surface area (Å²) < 4.78 is 6.87. The zero-order valence-electron chi connectivity index (χ0n) is 8.00. The molecule has 1 aliphatic carbocycles. The summed E-state index contributed by atoms with van der Waals surface area (Å²) in [6.45, 7) is 0.664. The van der Waals surface area contributed by atoms with Crippen LogP contribution in [0.4, 0.5) is 0 Å². The van der Waals surface area contributed by atoms with E-state index in [4.69, 9.17) is 10.5 Å². The Hall–Kier alpha value is -0.540. The van der Waals surface area contributed by atoms with Crippen LogP contribution in [0.25, 0.3) is 0 Å². The van der Waals surface area contributed by atoms with Gasteiger partial charge in [-0.05, 0) is 49.6 Å². The van der Waals surface area contributed by atoms with Gasteiger partial charge in [0.25, 0.3) is 0 Å². The lowest BCUT2D eigenvalue weighted by molar-refractivity contribution is 0.300. The van der Waals surface area contributed by atoms with Crippen LogP contribution >= 0.6 is 15.9 Å². The van der Waals surface area contributed by atoms with Crippen LogP contribution in [0.5, 0.6) is 5.75 Å². The van der Waals surface area contributed by atoms with Crippen molar-refractivity contribution in [2.75, 3.05) is 6.54 Å². The second kappa shape index (κ2) is 4.32. The van der Waals surface area contributed by atoms with E-state index in [2.05, 4.69) is 22.0 Å². The summed E-state index contributed by atoms with van der Waals surface area (Å²) >= 11 is 3.45. The van der Waals surface area contributed by atoms with Gasteiger partial charge in [0, 0.05) is 4.47 Å². The van der Waals surface area contributed by atoms with Crippen LogP contribution < -0.4 is 10.5 Å². The molecule has 0 bridgehead atoms. The summed E-state index contributed by atoms with van der Waals surface area (Å²) in [6, 6.07) is 6.12. The molecule has 76 valence electrons. The van der Waals surface area contributed by atoms with Crippen molar-refractivity contribution in [3.63, 3.8) is 0 Å². The maximum atomic E-state index is 5.79. The maximum absolute atomic E-state index is 5.79. The van der Waals surface area contributed by atoms with Crippen LogP contribution in [0, 0.1) is 0 Å². The quantitative estimate of drug-likeness (QED) is 0.898. The van der Waals surface area contributed by atoms with Crippen molar-refractivity contribution in [2.24, 2.45) is 5.73 Å². The second-order valence-corrected chi connectivity index (χ2v) is 4.52. The number of ether oxygens (including phenoxy) is 1. The first-order valence-corrected chi connectivity index (χ1v) is 5.74. The molecule has 1 aromatic rings. The highest BCUT2D eigenvalue weighted by Gasteiger charge is 2.24. The fraction of sp³-hybridized carbons (Fsp3) is 0.455. The second-order valence-electron chi connectivity index (χ2n) is 3.61. The molecule has 1 fully saturated rings. The smallest absolute Gasteiger partial charge is 0.123 e. The predicted octanol–water partition coefficient (Wildman–Crippen LogP) is 2.49. The highest BCUT2D eigenvalue weighted by molar-refractivity contribution is 9.10. The van der Waals surface area contributed by atoms with Crippen LogP contribution in [-0.4, -0.2) is 12.6 Å². The molecular weight excluding hydrogens is 242 g/mol. The standard InChI is InChI=1S/C11H14BrNO/c12-9-1-4-11(14-10-2-3-10)8(7-9)5-6-13/h1,4,7,10H,2-3,5-6,13H2. The molecule has 0 heterocycles. The molecule has 2 rings (SSSR count). The van der Waals surface area contributed by atoms with Gasteiger partial charge in [0.1, 0.15) is 5.75 Å². The molecule has 2 nitrogen and oxygen atoms in total. The molecule has 0 amide bonds. The van der Waals surface area contributed by atoms with E-state index < -0.39 is 0 Å². The number of nitrogens with two attached hydrogens (primary N) is 1. The van der Waals surface area contributed by atoms with E-state index in [0.717, 1.165) is 16.6 Å². The molecule has 0 aliphatic heterocycles. The number of benzene rings is 1. The first kappa shape index (κ1) is 9.99. The lowest BCUT2D eigenvalue weighted by Gasteiger charge is -2.10. The SMILES string of the molecule is NCCc1cc(Br)ccc1OC1CC1. The zero-order chi connectivity index (χ0) is 9.97. The van der Waals surface area contributed by atoms with Crippen LogP contribution in [0.2, 0.25) is 0 Å². The lowest BCUT2D eigenvalue weighted by atomic mass is 10.1. The van der Waals surface area contributed by atoms with Gasteiger partial charge in [-0.2, -0.15) is 0 Å².